The molecule has 92 valence electrons. The van der Waals surface area contributed by atoms with Crippen molar-refractivity contribution in [1.82, 2.24) is 5.32 Å². The second-order valence-electron chi connectivity index (χ2n) is 4.20. The van der Waals surface area contributed by atoms with E-state index in [1.54, 1.807) is 0 Å². The van der Waals surface area contributed by atoms with Crippen molar-refractivity contribution in [3.05, 3.63) is 41.0 Å². The van der Waals surface area contributed by atoms with E-state index in [0.29, 0.717) is 0 Å². The Morgan fingerprint density at radius 1 is 1.41 bits per heavy atom. The molecule has 1 aromatic rings. The van der Waals surface area contributed by atoms with Crippen molar-refractivity contribution in [3.63, 3.8) is 0 Å². The van der Waals surface area contributed by atoms with Gasteiger partial charge >= 0.3 is 0 Å². The predicted octanol–water partition coefficient (Wildman–Crippen LogP) is 3.10. The van der Waals surface area contributed by atoms with E-state index in [4.69, 9.17) is 0 Å². The van der Waals surface area contributed by atoms with Crippen LogP contribution in [0.5, 0.6) is 0 Å². The molecular formula is C15H21NO. The maximum absolute atomic E-state index is 11.2. The van der Waals surface area contributed by atoms with Crippen LogP contribution in [0.1, 0.15) is 36.5 Å². The molecule has 0 amide bonds. The summed E-state index contributed by atoms with van der Waals surface area (Å²) in [5.41, 5.74) is 4.30. The van der Waals surface area contributed by atoms with Gasteiger partial charge in [-0.1, -0.05) is 37.6 Å². The molecule has 0 aromatic heterocycles. The first-order valence-corrected chi connectivity index (χ1v) is 6.13. The van der Waals surface area contributed by atoms with Gasteiger partial charge in [0, 0.05) is 12.1 Å². The Balaban J connectivity index is 3.18. The lowest BCUT2D eigenvalue weighted by Crippen LogP contribution is -2.09. The fourth-order valence-corrected chi connectivity index (χ4v) is 1.91. The number of hydrogen-bond acceptors (Lipinski definition) is 2. The van der Waals surface area contributed by atoms with Gasteiger partial charge in [-0.15, -0.1) is 0 Å². The number of rotatable bonds is 6. The van der Waals surface area contributed by atoms with Crippen LogP contribution in [0.25, 0.3) is 5.57 Å². The summed E-state index contributed by atoms with van der Waals surface area (Å²) >= 11 is 0. The van der Waals surface area contributed by atoms with Gasteiger partial charge in [0.25, 0.3) is 0 Å². The van der Waals surface area contributed by atoms with Gasteiger partial charge in [0.1, 0.15) is 6.29 Å². The topological polar surface area (TPSA) is 29.1 Å². The quantitative estimate of drug-likeness (QED) is 0.602. The van der Waals surface area contributed by atoms with Crippen molar-refractivity contribution >= 4 is 11.9 Å². The van der Waals surface area contributed by atoms with Crippen molar-refractivity contribution in [2.24, 2.45) is 0 Å². The Labute approximate surface area is 104 Å². The van der Waals surface area contributed by atoms with Crippen LogP contribution < -0.4 is 5.32 Å². The molecule has 0 heterocycles. The number of hydrogen-bond donors (Lipinski definition) is 1. The van der Waals surface area contributed by atoms with Crippen LogP contribution in [0.15, 0.2) is 24.3 Å². The molecular weight excluding hydrogens is 210 g/mol. The number of allylic oxidation sites excluding steroid dienone is 2. The van der Waals surface area contributed by atoms with Gasteiger partial charge in [0.2, 0.25) is 0 Å². The minimum absolute atomic E-state index is 0.791. The molecule has 0 aliphatic rings. The summed E-state index contributed by atoms with van der Waals surface area (Å²) in [4.78, 5) is 11.2. The van der Waals surface area contributed by atoms with Gasteiger partial charge in [-0.3, -0.25) is 4.79 Å². The van der Waals surface area contributed by atoms with Gasteiger partial charge in [-0.25, -0.2) is 0 Å². The first-order chi connectivity index (χ1) is 8.24. The number of carbonyl (C=O) groups is 1. The molecule has 1 rings (SSSR count). The van der Waals surface area contributed by atoms with Gasteiger partial charge in [0.05, 0.1) is 0 Å². The van der Waals surface area contributed by atoms with Crippen LogP contribution in [0.2, 0.25) is 0 Å². The molecule has 0 saturated heterocycles. The Morgan fingerprint density at radius 2 is 2.18 bits per heavy atom. The molecule has 17 heavy (non-hydrogen) atoms. The monoisotopic (exact) mass is 231 g/mol. The van der Waals surface area contributed by atoms with Crippen molar-refractivity contribution in [1.29, 1.82) is 0 Å². The van der Waals surface area contributed by atoms with Gasteiger partial charge in [0.15, 0.2) is 0 Å². The zero-order valence-electron chi connectivity index (χ0n) is 10.9. The average Bonchev–Trinajstić information content (AvgIpc) is 2.34. The molecule has 0 spiro atoms. The number of carbonyl (C=O) groups excluding carboxylic acids is 1. The first kappa shape index (κ1) is 13.7. The Morgan fingerprint density at radius 3 is 2.76 bits per heavy atom. The van der Waals surface area contributed by atoms with Gasteiger partial charge < -0.3 is 5.32 Å². The Bertz CT molecular complexity index is 407. The largest absolute Gasteiger partial charge is 0.316 e. The molecule has 0 bridgehead atoms. The van der Waals surface area contributed by atoms with E-state index in [1.165, 1.54) is 11.1 Å². The second-order valence-corrected chi connectivity index (χ2v) is 4.20. The van der Waals surface area contributed by atoms with Crippen LogP contribution in [-0.4, -0.2) is 13.3 Å². The number of benzene rings is 1. The SMILES string of the molecule is CCC/C=C(\C=O)c1cccc(C)c1CNC. The Kier molecular flexibility index (Phi) is 5.64. The highest BCUT2D eigenvalue weighted by Crippen LogP contribution is 2.21. The molecule has 2 nitrogen and oxygen atoms in total. The highest BCUT2D eigenvalue weighted by Gasteiger charge is 2.08. The van der Waals surface area contributed by atoms with Crippen LogP contribution in [0.4, 0.5) is 0 Å². The maximum Gasteiger partial charge on any atom is 0.150 e. The normalized spacial score (nSPS) is 11.6. The molecule has 0 radical (unpaired) electrons. The summed E-state index contributed by atoms with van der Waals surface area (Å²) < 4.78 is 0. The second kappa shape index (κ2) is 7.02. The third-order valence-corrected chi connectivity index (χ3v) is 2.85. The number of aryl methyl sites for hydroxylation is 1. The lowest BCUT2D eigenvalue weighted by molar-refractivity contribution is -0.103. The molecule has 0 fully saturated rings. The lowest BCUT2D eigenvalue weighted by atomic mass is 9.95. The lowest BCUT2D eigenvalue weighted by Gasteiger charge is -2.12. The van der Waals surface area contributed by atoms with Crippen LogP contribution in [-0.2, 0) is 11.3 Å². The summed E-state index contributed by atoms with van der Waals surface area (Å²) in [7, 11) is 1.92. The summed E-state index contributed by atoms with van der Waals surface area (Å²) in [5, 5.41) is 3.16. The van der Waals surface area contributed by atoms with E-state index >= 15 is 0 Å². The molecule has 1 N–H and O–H groups in total. The minimum Gasteiger partial charge on any atom is -0.316 e. The summed E-state index contributed by atoms with van der Waals surface area (Å²) in [6.07, 6.45) is 5.00. The zero-order valence-corrected chi connectivity index (χ0v) is 10.9. The molecule has 2 heteroatoms. The van der Waals surface area contributed by atoms with Crippen LogP contribution >= 0.6 is 0 Å². The molecule has 1 aromatic carbocycles. The zero-order chi connectivity index (χ0) is 12.7. The summed E-state index contributed by atoms with van der Waals surface area (Å²) in [5.74, 6) is 0. The van der Waals surface area contributed by atoms with E-state index in [1.807, 2.05) is 25.3 Å². The number of nitrogens with one attached hydrogen (secondary N) is 1. The standard InChI is InChI=1S/C15H21NO/c1-4-5-8-13(11-17)14-9-6-7-12(2)15(14)10-16-3/h6-9,11,16H,4-5,10H2,1-3H3/b13-8+. The molecule has 0 saturated carbocycles. The maximum atomic E-state index is 11.2. The van der Waals surface area contributed by atoms with E-state index in [2.05, 4.69) is 25.2 Å². The van der Waals surface area contributed by atoms with Crippen LogP contribution in [0.3, 0.4) is 0 Å². The fourth-order valence-electron chi connectivity index (χ4n) is 1.91. The fraction of sp³-hybridized carbons (Fsp3) is 0.400. The van der Waals surface area contributed by atoms with Gasteiger partial charge in [-0.2, -0.15) is 0 Å². The molecule has 0 aliphatic carbocycles. The van der Waals surface area contributed by atoms with Crippen molar-refractivity contribution in [2.45, 2.75) is 33.2 Å². The van der Waals surface area contributed by atoms with E-state index in [0.717, 1.165) is 36.8 Å². The highest BCUT2D eigenvalue weighted by atomic mass is 16.1. The summed E-state index contributed by atoms with van der Waals surface area (Å²) in [6.45, 7) is 4.99. The van der Waals surface area contributed by atoms with Crippen molar-refractivity contribution in [3.8, 4) is 0 Å². The first-order valence-electron chi connectivity index (χ1n) is 6.13. The number of unbranched alkanes of at least 4 members (excludes halogenated alkanes) is 1. The molecule has 0 aliphatic heterocycles. The van der Waals surface area contributed by atoms with Crippen LogP contribution in [0, 0.1) is 6.92 Å². The van der Waals surface area contributed by atoms with E-state index in [-0.39, 0.29) is 0 Å². The van der Waals surface area contributed by atoms with Gasteiger partial charge in [-0.05, 0) is 37.1 Å². The van der Waals surface area contributed by atoms with E-state index in [9.17, 15) is 4.79 Å². The molecule has 0 unspecified atom stereocenters. The van der Waals surface area contributed by atoms with Crippen molar-refractivity contribution in [2.75, 3.05) is 7.05 Å². The molecule has 0 atom stereocenters. The minimum atomic E-state index is 0.791. The van der Waals surface area contributed by atoms with Crippen molar-refractivity contribution < 1.29 is 4.79 Å². The smallest absolute Gasteiger partial charge is 0.150 e. The number of aldehydes is 1. The average molecular weight is 231 g/mol. The highest BCUT2D eigenvalue weighted by molar-refractivity contribution is 6.07. The third kappa shape index (κ3) is 3.53. The summed E-state index contributed by atoms with van der Waals surface area (Å²) in [6, 6.07) is 6.11. The van der Waals surface area contributed by atoms with E-state index < -0.39 is 0 Å². The predicted molar refractivity (Wildman–Crippen MR) is 72.9 cm³/mol. The Hall–Kier alpha value is -1.41. The third-order valence-electron chi connectivity index (χ3n) is 2.85.